The summed E-state index contributed by atoms with van der Waals surface area (Å²) >= 11 is 1.22. The summed E-state index contributed by atoms with van der Waals surface area (Å²) in [4.78, 5) is 17.1. The van der Waals surface area contributed by atoms with E-state index in [-0.39, 0.29) is 10.0 Å². The monoisotopic (exact) mass is 484 g/mol. The molecule has 0 fully saturated rings. The summed E-state index contributed by atoms with van der Waals surface area (Å²) in [5, 5.41) is 5.86. The Morgan fingerprint density at radius 3 is 2.55 bits per heavy atom. The average molecular weight is 485 g/mol. The molecule has 8 nitrogen and oxygen atoms in total. The molecule has 0 radical (unpaired) electrons. The number of rotatable bonds is 6. The number of amides is 2. The highest BCUT2D eigenvalue weighted by atomic mass is 32.2. The van der Waals surface area contributed by atoms with Gasteiger partial charge in [-0.3, -0.25) is 4.72 Å². The number of benzene rings is 2. The number of aryl methyl sites for hydroxylation is 1. The molecule has 1 aromatic heterocycles. The number of urea groups is 1. The zero-order valence-corrected chi connectivity index (χ0v) is 20.1. The number of methoxy groups -OCH3 is 1. The molecule has 0 aliphatic heterocycles. The molecule has 33 heavy (non-hydrogen) atoms. The van der Waals surface area contributed by atoms with Crippen molar-refractivity contribution in [1.29, 1.82) is 0 Å². The maximum absolute atomic E-state index is 12.6. The summed E-state index contributed by atoms with van der Waals surface area (Å²) in [5.41, 5.74) is 3.89. The van der Waals surface area contributed by atoms with E-state index in [2.05, 4.69) is 20.3 Å². The van der Waals surface area contributed by atoms with Gasteiger partial charge < -0.3 is 15.4 Å². The van der Waals surface area contributed by atoms with Crippen LogP contribution in [-0.4, -0.2) is 26.5 Å². The summed E-state index contributed by atoms with van der Waals surface area (Å²) < 4.78 is 34.0. The number of carbonyl (C=O) groups excluding carboxylic acids is 1. The number of hydrogen-bond donors (Lipinski definition) is 3. The highest BCUT2D eigenvalue weighted by Crippen LogP contribution is 2.30. The molecule has 1 heterocycles. The van der Waals surface area contributed by atoms with Gasteiger partial charge in [0, 0.05) is 12.1 Å². The Morgan fingerprint density at radius 2 is 1.82 bits per heavy atom. The lowest BCUT2D eigenvalue weighted by atomic mass is 10.0. The third kappa shape index (κ3) is 5.35. The molecule has 0 unspecified atom stereocenters. The lowest BCUT2D eigenvalue weighted by Crippen LogP contribution is -2.29. The van der Waals surface area contributed by atoms with Gasteiger partial charge in [0.25, 0.3) is 10.0 Å². The summed E-state index contributed by atoms with van der Waals surface area (Å²) in [7, 11) is -2.15. The van der Waals surface area contributed by atoms with E-state index in [9.17, 15) is 13.2 Å². The van der Waals surface area contributed by atoms with Crippen LogP contribution in [0.2, 0.25) is 0 Å². The predicted octanol–water partition coefficient (Wildman–Crippen LogP) is 5.13. The van der Waals surface area contributed by atoms with Crippen molar-refractivity contribution in [3.05, 3.63) is 71.1 Å². The minimum atomic E-state index is -3.74. The van der Waals surface area contributed by atoms with E-state index in [1.54, 1.807) is 49.6 Å². The molecule has 1 aliphatic carbocycles. The van der Waals surface area contributed by atoms with E-state index < -0.39 is 16.1 Å². The van der Waals surface area contributed by atoms with E-state index in [0.29, 0.717) is 16.9 Å². The minimum absolute atomic E-state index is 0.170. The highest BCUT2D eigenvalue weighted by Gasteiger charge is 2.17. The second-order valence-corrected chi connectivity index (χ2v) is 10.4. The van der Waals surface area contributed by atoms with Crippen molar-refractivity contribution in [3.8, 4) is 0 Å². The van der Waals surface area contributed by atoms with E-state index >= 15 is 0 Å². The number of thiazole rings is 1. The van der Waals surface area contributed by atoms with Gasteiger partial charge >= 0.3 is 6.03 Å². The van der Waals surface area contributed by atoms with Gasteiger partial charge in [-0.05, 0) is 56.7 Å². The Labute approximate surface area is 196 Å². The first-order valence-corrected chi connectivity index (χ1v) is 12.6. The molecule has 0 bridgehead atoms. The van der Waals surface area contributed by atoms with Crippen molar-refractivity contribution < 1.29 is 17.9 Å². The van der Waals surface area contributed by atoms with Gasteiger partial charge in [0.15, 0.2) is 5.13 Å². The van der Waals surface area contributed by atoms with E-state index in [4.69, 9.17) is 4.74 Å². The van der Waals surface area contributed by atoms with Crippen molar-refractivity contribution in [2.24, 2.45) is 0 Å². The first kappa shape index (κ1) is 22.8. The summed E-state index contributed by atoms with van der Waals surface area (Å²) in [6.45, 7) is 3.90. The van der Waals surface area contributed by atoms with Crippen LogP contribution in [-0.2, 0) is 14.8 Å². The molecule has 172 valence electrons. The van der Waals surface area contributed by atoms with Gasteiger partial charge in [0.2, 0.25) is 0 Å². The van der Waals surface area contributed by atoms with E-state index in [0.717, 1.165) is 34.4 Å². The number of fused-ring (bicyclic) bond motifs is 1. The number of anilines is 2. The fraction of sp³-hybridized carbons (Fsp3) is 0.217. The van der Waals surface area contributed by atoms with Crippen molar-refractivity contribution >= 4 is 48.4 Å². The maximum atomic E-state index is 12.6. The van der Waals surface area contributed by atoms with Crippen molar-refractivity contribution in [2.75, 3.05) is 17.1 Å². The smallest absolute Gasteiger partial charge is 0.323 e. The number of nitrogens with zero attached hydrogens (tertiary/aromatic N) is 1. The number of allylic oxidation sites excluding steroid dienone is 3. The van der Waals surface area contributed by atoms with Crippen LogP contribution in [0.3, 0.4) is 0 Å². The van der Waals surface area contributed by atoms with Crippen LogP contribution < -0.4 is 15.4 Å². The molecule has 1 aliphatic rings. The molecule has 0 atom stereocenters. The van der Waals surface area contributed by atoms with Crippen molar-refractivity contribution in [1.82, 2.24) is 10.3 Å². The molecule has 3 aromatic rings. The number of hydrogen-bond acceptors (Lipinski definition) is 6. The minimum Gasteiger partial charge on any atom is -0.499 e. The lowest BCUT2D eigenvalue weighted by Gasteiger charge is -2.18. The first-order chi connectivity index (χ1) is 15.7. The first-order valence-electron chi connectivity index (χ1n) is 10.3. The molecular formula is C23H24N4O4S2. The fourth-order valence-electron chi connectivity index (χ4n) is 3.39. The third-order valence-electron chi connectivity index (χ3n) is 5.13. The number of sulfonamides is 1. The summed E-state index contributed by atoms with van der Waals surface area (Å²) in [6.07, 6.45) is 3.53. The van der Waals surface area contributed by atoms with Crippen LogP contribution in [0, 0.1) is 6.92 Å². The van der Waals surface area contributed by atoms with Crippen LogP contribution >= 0.6 is 11.3 Å². The van der Waals surface area contributed by atoms with Gasteiger partial charge in [-0.25, -0.2) is 18.2 Å². The van der Waals surface area contributed by atoms with Crippen LogP contribution in [0.4, 0.5) is 15.6 Å². The van der Waals surface area contributed by atoms with Gasteiger partial charge in [-0.15, -0.1) is 0 Å². The van der Waals surface area contributed by atoms with E-state index in [1.807, 2.05) is 19.9 Å². The molecule has 2 aromatic carbocycles. The third-order valence-corrected chi connectivity index (χ3v) is 7.57. The van der Waals surface area contributed by atoms with Gasteiger partial charge in [0.05, 0.1) is 27.9 Å². The predicted molar refractivity (Wildman–Crippen MR) is 131 cm³/mol. The largest absolute Gasteiger partial charge is 0.499 e. The maximum Gasteiger partial charge on any atom is 0.323 e. The summed E-state index contributed by atoms with van der Waals surface area (Å²) in [5.74, 6) is 0.733. The zero-order valence-electron chi connectivity index (χ0n) is 18.4. The molecule has 3 N–H and O–H groups in total. The van der Waals surface area contributed by atoms with Crippen LogP contribution in [0.5, 0.6) is 0 Å². The van der Waals surface area contributed by atoms with Gasteiger partial charge in [-0.1, -0.05) is 34.6 Å². The molecule has 4 rings (SSSR count). The quantitative estimate of drug-likeness (QED) is 0.450. The lowest BCUT2D eigenvalue weighted by molar-refractivity contribution is 0.249. The SMILES string of the molecule is COC1=C(NC(=O)Nc2ccc3sc(NS(=O)(=O)c4ccc(C)cc4)nc3c2)C=C(C)CC1. The second-order valence-electron chi connectivity index (χ2n) is 7.73. The van der Waals surface area contributed by atoms with Gasteiger partial charge in [0.1, 0.15) is 5.76 Å². The number of carbonyl (C=O) groups is 1. The Morgan fingerprint density at radius 1 is 1.06 bits per heavy atom. The zero-order chi connectivity index (χ0) is 23.6. The summed E-state index contributed by atoms with van der Waals surface area (Å²) in [6, 6.07) is 11.4. The number of ether oxygens (including phenoxy) is 1. The van der Waals surface area contributed by atoms with Crippen LogP contribution in [0.1, 0.15) is 25.3 Å². The Balaban J connectivity index is 1.48. The van der Waals surface area contributed by atoms with E-state index in [1.165, 1.54) is 11.3 Å². The molecular weight excluding hydrogens is 460 g/mol. The normalized spacial score (nSPS) is 14.1. The Hall–Kier alpha value is -3.37. The second kappa shape index (κ2) is 9.24. The Kier molecular flexibility index (Phi) is 6.39. The molecule has 2 amide bonds. The standard InChI is InChI=1S/C23H24N4O4S2/c1-14-4-8-17(9-5-14)33(29,30)27-23-26-19-13-16(7-11-21(19)32-23)24-22(28)25-18-12-15(2)6-10-20(18)31-3/h4-5,7-9,11-13H,6,10H2,1-3H3,(H,26,27)(H2,24,25,28). The molecule has 0 saturated heterocycles. The van der Waals surface area contributed by atoms with Crippen LogP contribution in [0.25, 0.3) is 10.2 Å². The molecule has 0 spiro atoms. The van der Waals surface area contributed by atoms with Crippen molar-refractivity contribution in [3.63, 3.8) is 0 Å². The van der Waals surface area contributed by atoms with Crippen molar-refractivity contribution in [2.45, 2.75) is 31.6 Å². The highest BCUT2D eigenvalue weighted by molar-refractivity contribution is 7.93. The Bertz CT molecular complexity index is 1370. The van der Waals surface area contributed by atoms with Gasteiger partial charge in [-0.2, -0.15) is 0 Å². The fourth-order valence-corrected chi connectivity index (χ4v) is 5.47. The molecule has 0 saturated carbocycles. The molecule has 10 heteroatoms. The number of nitrogens with one attached hydrogen (secondary N) is 3. The average Bonchev–Trinajstić information content (AvgIpc) is 3.15. The van der Waals surface area contributed by atoms with Crippen LogP contribution in [0.15, 0.2) is 70.5 Å². The number of aromatic nitrogens is 1. The topological polar surface area (TPSA) is 109 Å².